The maximum Gasteiger partial charge on any atom is 0.275 e. The fourth-order valence-corrected chi connectivity index (χ4v) is 2.95. The molecular weight excluding hydrogens is 350 g/mol. The van der Waals surface area contributed by atoms with E-state index >= 15 is 0 Å². The van der Waals surface area contributed by atoms with Crippen LogP contribution in [0, 0.1) is 0 Å². The van der Waals surface area contributed by atoms with Gasteiger partial charge in [0.15, 0.2) is 0 Å². The summed E-state index contributed by atoms with van der Waals surface area (Å²) < 4.78 is 1.18. The predicted molar refractivity (Wildman–Crippen MR) is 98.1 cm³/mol. The molecule has 0 aliphatic carbocycles. The zero-order valence-electron chi connectivity index (χ0n) is 14.5. The quantitative estimate of drug-likeness (QED) is 0.335. The number of benzene rings is 1. The molecule has 2 heterocycles. The molecule has 2 aromatic rings. The van der Waals surface area contributed by atoms with E-state index in [1.807, 2.05) is 5.43 Å². The second-order valence-corrected chi connectivity index (χ2v) is 6.06. The molecule has 0 fully saturated rings. The van der Waals surface area contributed by atoms with Gasteiger partial charge in [-0.3, -0.25) is 24.6 Å². The predicted octanol–water partition coefficient (Wildman–Crippen LogP) is -0.234. The van der Waals surface area contributed by atoms with Crippen molar-refractivity contribution in [3.8, 4) is 0 Å². The number of hydrogen-bond donors (Lipinski definition) is 4. The highest BCUT2D eigenvalue weighted by Gasteiger charge is 2.23. The Morgan fingerprint density at radius 3 is 2.63 bits per heavy atom. The third-order valence-electron chi connectivity index (χ3n) is 4.27. The molecule has 3 rings (SSSR count). The lowest BCUT2D eigenvalue weighted by Crippen LogP contribution is -2.39. The number of nitrogens with two attached hydrogens (primary N) is 1. The van der Waals surface area contributed by atoms with Crippen LogP contribution in [0.25, 0.3) is 0 Å². The van der Waals surface area contributed by atoms with Crippen molar-refractivity contribution >= 4 is 23.4 Å². The van der Waals surface area contributed by atoms with Crippen LogP contribution in [-0.2, 0) is 17.8 Å². The van der Waals surface area contributed by atoms with Gasteiger partial charge in [-0.15, -0.1) is 0 Å². The average molecular weight is 369 g/mol. The molecule has 1 aromatic heterocycles. The zero-order valence-corrected chi connectivity index (χ0v) is 14.5. The second-order valence-electron chi connectivity index (χ2n) is 6.06. The minimum absolute atomic E-state index is 0.0792. The van der Waals surface area contributed by atoms with E-state index in [0.717, 1.165) is 0 Å². The molecule has 140 valence electrons. The van der Waals surface area contributed by atoms with Crippen molar-refractivity contribution in [1.29, 1.82) is 0 Å². The summed E-state index contributed by atoms with van der Waals surface area (Å²) >= 11 is 0. The minimum Gasteiger partial charge on any atom is -0.352 e. The molecule has 1 aliphatic rings. The summed E-state index contributed by atoms with van der Waals surface area (Å²) in [7, 11) is 0. The van der Waals surface area contributed by atoms with Gasteiger partial charge in [0.25, 0.3) is 23.3 Å². The third-order valence-corrected chi connectivity index (χ3v) is 4.27. The summed E-state index contributed by atoms with van der Waals surface area (Å²) in [6.45, 7) is 0.108. The number of nitrogens with one attached hydrogen (secondary N) is 3. The first-order valence-corrected chi connectivity index (χ1v) is 8.42. The number of hydrazine groups is 1. The molecule has 0 bridgehead atoms. The van der Waals surface area contributed by atoms with Gasteiger partial charge in [-0.2, -0.15) is 0 Å². The van der Waals surface area contributed by atoms with E-state index < -0.39 is 17.4 Å². The van der Waals surface area contributed by atoms with E-state index in [1.54, 1.807) is 30.3 Å². The highest BCUT2D eigenvalue weighted by atomic mass is 16.2. The number of aromatic nitrogens is 1. The van der Waals surface area contributed by atoms with Gasteiger partial charge in [-0.05, 0) is 31.0 Å². The topological polar surface area (TPSA) is 135 Å². The standard InChI is InChI=1S/C18H19N5O4/c19-22-15(24)10-23-14-7-4-8-20-17(26)12(14)9-13(18(23)27)21-16(25)11-5-2-1-3-6-11/h1-3,5-6,9H,4,7-8,10,19H2,(H,20,26)(H,21,25)(H,22,24). The fourth-order valence-electron chi connectivity index (χ4n) is 2.95. The third kappa shape index (κ3) is 3.87. The van der Waals surface area contributed by atoms with E-state index in [4.69, 9.17) is 5.84 Å². The number of rotatable bonds is 4. The number of carbonyl (C=O) groups is 3. The number of amides is 3. The van der Waals surface area contributed by atoms with Crippen molar-refractivity contribution in [2.75, 3.05) is 11.9 Å². The Hall–Kier alpha value is -3.46. The van der Waals surface area contributed by atoms with E-state index in [2.05, 4.69) is 10.6 Å². The van der Waals surface area contributed by atoms with Gasteiger partial charge in [0.2, 0.25) is 0 Å². The van der Waals surface area contributed by atoms with Crippen molar-refractivity contribution < 1.29 is 14.4 Å². The van der Waals surface area contributed by atoms with Crippen LogP contribution in [0.1, 0.15) is 32.8 Å². The van der Waals surface area contributed by atoms with Gasteiger partial charge in [0, 0.05) is 17.8 Å². The molecule has 27 heavy (non-hydrogen) atoms. The van der Waals surface area contributed by atoms with Crippen LogP contribution in [0.4, 0.5) is 5.69 Å². The monoisotopic (exact) mass is 369 g/mol. The van der Waals surface area contributed by atoms with Gasteiger partial charge >= 0.3 is 0 Å². The van der Waals surface area contributed by atoms with E-state index in [-0.39, 0.29) is 23.7 Å². The van der Waals surface area contributed by atoms with Crippen LogP contribution in [0.15, 0.2) is 41.2 Å². The van der Waals surface area contributed by atoms with Crippen LogP contribution in [-0.4, -0.2) is 28.8 Å². The molecule has 0 unspecified atom stereocenters. The summed E-state index contributed by atoms with van der Waals surface area (Å²) in [5.41, 5.74) is 2.38. The molecule has 3 amide bonds. The number of fused-ring (bicyclic) bond motifs is 1. The van der Waals surface area contributed by atoms with Crippen LogP contribution >= 0.6 is 0 Å². The summed E-state index contributed by atoms with van der Waals surface area (Å²) in [4.78, 5) is 49.4. The molecule has 5 N–H and O–H groups in total. The van der Waals surface area contributed by atoms with Crippen LogP contribution in [0.5, 0.6) is 0 Å². The number of pyridine rings is 1. The Kier molecular flexibility index (Phi) is 5.32. The molecule has 0 radical (unpaired) electrons. The van der Waals surface area contributed by atoms with Crippen molar-refractivity contribution in [1.82, 2.24) is 15.3 Å². The van der Waals surface area contributed by atoms with Gasteiger partial charge < -0.3 is 15.2 Å². The molecule has 0 saturated heterocycles. The summed E-state index contributed by atoms with van der Waals surface area (Å²) in [5.74, 6) is 3.70. The fraction of sp³-hybridized carbons (Fsp3) is 0.222. The molecule has 9 nitrogen and oxygen atoms in total. The minimum atomic E-state index is -0.588. The van der Waals surface area contributed by atoms with E-state index in [1.165, 1.54) is 10.6 Å². The largest absolute Gasteiger partial charge is 0.352 e. The first-order chi connectivity index (χ1) is 13.0. The summed E-state index contributed by atoms with van der Waals surface area (Å²) in [6.07, 6.45) is 1.06. The van der Waals surface area contributed by atoms with Crippen LogP contribution < -0.4 is 27.5 Å². The number of hydrogen-bond acceptors (Lipinski definition) is 5. The van der Waals surface area contributed by atoms with Crippen molar-refractivity contribution in [2.24, 2.45) is 5.84 Å². The van der Waals surface area contributed by atoms with Gasteiger partial charge in [0.1, 0.15) is 12.2 Å². The number of carbonyl (C=O) groups excluding carboxylic acids is 3. The SMILES string of the molecule is NNC(=O)Cn1c2c(cc(NC(=O)c3ccccc3)c1=O)C(=O)NCCC2. The molecule has 9 heteroatoms. The summed E-state index contributed by atoms with van der Waals surface area (Å²) in [6, 6.07) is 9.72. The van der Waals surface area contributed by atoms with Crippen LogP contribution in [0.3, 0.4) is 0 Å². The Morgan fingerprint density at radius 1 is 1.19 bits per heavy atom. The van der Waals surface area contributed by atoms with Crippen molar-refractivity contribution in [3.05, 3.63) is 63.6 Å². The second kappa shape index (κ2) is 7.83. The first kappa shape index (κ1) is 18.3. The molecule has 0 atom stereocenters. The lowest BCUT2D eigenvalue weighted by Gasteiger charge is -2.16. The lowest BCUT2D eigenvalue weighted by molar-refractivity contribution is -0.121. The molecule has 1 aliphatic heterocycles. The maximum absolute atomic E-state index is 12.9. The zero-order chi connectivity index (χ0) is 19.4. The lowest BCUT2D eigenvalue weighted by atomic mass is 10.1. The van der Waals surface area contributed by atoms with Gasteiger partial charge in [0.05, 0.1) is 5.56 Å². The van der Waals surface area contributed by atoms with Crippen LogP contribution in [0.2, 0.25) is 0 Å². The van der Waals surface area contributed by atoms with Crippen molar-refractivity contribution in [3.63, 3.8) is 0 Å². The highest BCUT2D eigenvalue weighted by Crippen LogP contribution is 2.17. The van der Waals surface area contributed by atoms with E-state index in [9.17, 15) is 19.2 Å². The normalized spacial score (nSPS) is 13.1. The van der Waals surface area contributed by atoms with Crippen molar-refractivity contribution in [2.45, 2.75) is 19.4 Å². The smallest absolute Gasteiger partial charge is 0.275 e. The maximum atomic E-state index is 12.9. The molecular formula is C18H19N5O4. The number of anilines is 1. The summed E-state index contributed by atoms with van der Waals surface area (Å²) in [5, 5.41) is 5.27. The highest BCUT2D eigenvalue weighted by molar-refractivity contribution is 6.05. The average Bonchev–Trinajstić information content (AvgIpc) is 2.87. The Morgan fingerprint density at radius 2 is 1.93 bits per heavy atom. The molecule has 0 saturated carbocycles. The van der Waals surface area contributed by atoms with Gasteiger partial charge in [-0.25, -0.2) is 5.84 Å². The van der Waals surface area contributed by atoms with E-state index in [0.29, 0.717) is 30.6 Å². The first-order valence-electron chi connectivity index (χ1n) is 8.42. The Balaban J connectivity index is 2.07. The molecule has 1 aromatic carbocycles. The van der Waals surface area contributed by atoms with Gasteiger partial charge in [-0.1, -0.05) is 18.2 Å². The number of nitrogens with zero attached hydrogens (tertiary/aromatic N) is 1. The molecule has 0 spiro atoms. The Labute approximate surface area is 154 Å². The Bertz CT molecular complexity index is 952.